The SMILES string of the molecule is O=C(O)C1(c2ccccc2)CC(O)CN1. The van der Waals surface area contributed by atoms with Crippen LogP contribution >= 0.6 is 0 Å². The van der Waals surface area contributed by atoms with Crippen molar-refractivity contribution < 1.29 is 15.0 Å². The van der Waals surface area contributed by atoms with E-state index >= 15 is 0 Å². The summed E-state index contributed by atoms with van der Waals surface area (Å²) in [5, 5.41) is 21.6. The van der Waals surface area contributed by atoms with Crippen LogP contribution in [0.5, 0.6) is 0 Å². The molecule has 2 unspecified atom stereocenters. The van der Waals surface area contributed by atoms with Gasteiger partial charge in [0, 0.05) is 13.0 Å². The van der Waals surface area contributed by atoms with Gasteiger partial charge in [-0.15, -0.1) is 0 Å². The number of benzene rings is 1. The molecule has 1 aliphatic heterocycles. The van der Waals surface area contributed by atoms with E-state index < -0.39 is 17.6 Å². The van der Waals surface area contributed by atoms with Crippen LogP contribution in [0.25, 0.3) is 0 Å². The molecule has 0 spiro atoms. The molecule has 4 nitrogen and oxygen atoms in total. The highest BCUT2D eigenvalue weighted by Crippen LogP contribution is 2.31. The Bertz CT molecular complexity index is 365. The van der Waals surface area contributed by atoms with Crippen LogP contribution in [0.2, 0.25) is 0 Å². The number of carboxylic acids is 1. The molecule has 1 aromatic rings. The van der Waals surface area contributed by atoms with Crippen molar-refractivity contribution in [3.05, 3.63) is 35.9 Å². The molecule has 1 aliphatic rings. The van der Waals surface area contributed by atoms with Crippen LogP contribution in [0.15, 0.2) is 30.3 Å². The van der Waals surface area contributed by atoms with E-state index in [9.17, 15) is 15.0 Å². The van der Waals surface area contributed by atoms with Gasteiger partial charge in [0.1, 0.15) is 5.54 Å². The van der Waals surface area contributed by atoms with Gasteiger partial charge in [-0.3, -0.25) is 5.32 Å². The molecular weight excluding hydrogens is 194 g/mol. The Morgan fingerprint density at radius 3 is 2.53 bits per heavy atom. The second kappa shape index (κ2) is 3.64. The molecule has 0 aromatic heterocycles. The Morgan fingerprint density at radius 1 is 1.40 bits per heavy atom. The van der Waals surface area contributed by atoms with Gasteiger partial charge in [0.2, 0.25) is 0 Å². The summed E-state index contributed by atoms with van der Waals surface area (Å²) in [5.74, 6) is -0.940. The first-order chi connectivity index (χ1) is 7.15. The second-order valence-electron chi connectivity index (χ2n) is 3.82. The summed E-state index contributed by atoms with van der Waals surface area (Å²) < 4.78 is 0. The lowest BCUT2D eigenvalue weighted by molar-refractivity contribution is -0.145. The predicted molar refractivity (Wildman–Crippen MR) is 54.4 cm³/mol. The molecule has 2 rings (SSSR count). The quantitative estimate of drug-likeness (QED) is 0.653. The first kappa shape index (κ1) is 10.1. The molecule has 15 heavy (non-hydrogen) atoms. The third-order valence-corrected chi connectivity index (χ3v) is 2.81. The first-order valence-corrected chi connectivity index (χ1v) is 4.87. The van der Waals surface area contributed by atoms with Crippen LogP contribution in [0.1, 0.15) is 12.0 Å². The van der Waals surface area contributed by atoms with Gasteiger partial charge in [-0.2, -0.15) is 0 Å². The number of aliphatic carboxylic acids is 1. The van der Waals surface area contributed by atoms with E-state index in [1.54, 1.807) is 24.3 Å². The lowest BCUT2D eigenvalue weighted by atomic mass is 9.88. The maximum absolute atomic E-state index is 11.3. The van der Waals surface area contributed by atoms with Crippen molar-refractivity contribution in [1.29, 1.82) is 0 Å². The molecule has 1 heterocycles. The number of carboxylic acid groups (broad SMARTS) is 1. The number of aliphatic hydroxyl groups is 1. The minimum atomic E-state index is -1.12. The van der Waals surface area contributed by atoms with E-state index in [2.05, 4.69) is 5.32 Å². The van der Waals surface area contributed by atoms with Gasteiger partial charge in [0.25, 0.3) is 0 Å². The normalized spacial score (nSPS) is 30.3. The minimum absolute atomic E-state index is 0.215. The van der Waals surface area contributed by atoms with Crippen LogP contribution in [0.4, 0.5) is 0 Å². The summed E-state index contributed by atoms with van der Waals surface area (Å²) in [6, 6.07) is 8.96. The van der Waals surface area contributed by atoms with Crippen LogP contribution < -0.4 is 5.32 Å². The Balaban J connectivity index is 2.41. The van der Waals surface area contributed by atoms with Crippen LogP contribution in [-0.4, -0.2) is 28.8 Å². The fourth-order valence-corrected chi connectivity index (χ4v) is 2.02. The van der Waals surface area contributed by atoms with Crippen molar-refractivity contribution in [2.45, 2.75) is 18.1 Å². The number of hydrogen-bond acceptors (Lipinski definition) is 3. The van der Waals surface area contributed by atoms with E-state index in [-0.39, 0.29) is 6.42 Å². The number of aliphatic hydroxyl groups excluding tert-OH is 1. The van der Waals surface area contributed by atoms with Crippen LogP contribution in [-0.2, 0) is 10.3 Å². The lowest BCUT2D eigenvalue weighted by Crippen LogP contribution is -2.44. The van der Waals surface area contributed by atoms with Gasteiger partial charge in [0.05, 0.1) is 6.10 Å². The average molecular weight is 207 g/mol. The molecule has 80 valence electrons. The molecule has 0 bridgehead atoms. The van der Waals surface area contributed by atoms with E-state index in [4.69, 9.17) is 0 Å². The Hall–Kier alpha value is -1.39. The Kier molecular flexibility index (Phi) is 2.46. The smallest absolute Gasteiger partial charge is 0.328 e. The maximum atomic E-state index is 11.3. The van der Waals surface area contributed by atoms with Crippen LogP contribution in [0, 0.1) is 0 Å². The molecular formula is C11H13NO3. The van der Waals surface area contributed by atoms with E-state index in [1.807, 2.05) is 6.07 Å². The summed E-state index contributed by atoms with van der Waals surface area (Å²) in [7, 11) is 0. The van der Waals surface area contributed by atoms with E-state index in [0.717, 1.165) is 0 Å². The third-order valence-electron chi connectivity index (χ3n) is 2.81. The predicted octanol–water partition coefficient (Wildman–Crippen LogP) is 0.321. The van der Waals surface area contributed by atoms with Crippen molar-refractivity contribution in [3.8, 4) is 0 Å². The molecule has 2 atom stereocenters. The van der Waals surface area contributed by atoms with Crippen LogP contribution in [0.3, 0.4) is 0 Å². The fraction of sp³-hybridized carbons (Fsp3) is 0.364. The standard InChI is InChI=1S/C11H13NO3/c13-9-6-11(10(14)15,12-7-9)8-4-2-1-3-5-8/h1-5,9,12-13H,6-7H2,(H,14,15). The zero-order valence-electron chi connectivity index (χ0n) is 8.18. The number of nitrogens with one attached hydrogen (secondary N) is 1. The number of carbonyl (C=O) groups is 1. The highest BCUT2D eigenvalue weighted by Gasteiger charge is 2.46. The molecule has 3 N–H and O–H groups in total. The summed E-state index contributed by atoms with van der Waals surface area (Å²) in [6.07, 6.45) is -0.381. The van der Waals surface area contributed by atoms with Gasteiger partial charge in [-0.05, 0) is 5.56 Å². The van der Waals surface area contributed by atoms with Gasteiger partial charge in [-0.1, -0.05) is 30.3 Å². The first-order valence-electron chi connectivity index (χ1n) is 4.87. The molecule has 0 aliphatic carbocycles. The molecule has 0 amide bonds. The van der Waals surface area contributed by atoms with Crippen molar-refractivity contribution in [3.63, 3.8) is 0 Å². The molecule has 1 aromatic carbocycles. The zero-order valence-corrected chi connectivity index (χ0v) is 8.18. The van der Waals surface area contributed by atoms with Gasteiger partial charge < -0.3 is 10.2 Å². The van der Waals surface area contributed by atoms with Gasteiger partial charge in [0.15, 0.2) is 0 Å². The van der Waals surface area contributed by atoms with E-state index in [0.29, 0.717) is 12.1 Å². The number of hydrogen-bond donors (Lipinski definition) is 3. The Morgan fingerprint density at radius 2 is 2.07 bits per heavy atom. The Labute approximate surface area is 87.6 Å². The molecule has 0 radical (unpaired) electrons. The number of β-amino-alcohol motifs (C(OH)–C–C–N with tert-alkyl or cyclic N) is 1. The zero-order chi connectivity index (χ0) is 10.9. The van der Waals surface area contributed by atoms with Gasteiger partial charge >= 0.3 is 5.97 Å². The summed E-state index contributed by atoms with van der Waals surface area (Å²) in [6.45, 7) is 0.321. The highest BCUT2D eigenvalue weighted by molar-refractivity contribution is 5.81. The molecule has 1 fully saturated rings. The lowest BCUT2D eigenvalue weighted by Gasteiger charge is -2.24. The van der Waals surface area contributed by atoms with Crippen molar-refractivity contribution in [2.75, 3.05) is 6.54 Å². The maximum Gasteiger partial charge on any atom is 0.328 e. The van der Waals surface area contributed by atoms with E-state index in [1.165, 1.54) is 0 Å². The summed E-state index contributed by atoms with van der Waals surface area (Å²) in [4.78, 5) is 11.3. The second-order valence-corrected chi connectivity index (χ2v) is 3.82. The third kappa shape index (κ3) is 1.62. The van der Waals surface area contributed by atoms with Crippen molar-refractivity contribution >= 4 is 5.97 Å². The van der Waals surface area contributed by atoms with Crippen molar-refractivity contribution in [2.24, 2.45) is 0 Å². The monoisotopic (exact) mass is 207 g/mol. The van der Waals surface area contributed by atoms with Gasteiger partial charge in [-0.25, -0.2) is 4.79 Å². The highest BCUT2D eigenvalue weighted by atomic mass is 16.4. The largest absolute Gasteiger partial charge is 0.480 e. The summed E-state index contributed by atoms with van der Waals surface area (Å²) in [5.41, 5.74) is -0.435. The molecule has 4 heteroatoms. The average Bonchev–Trinajstić information content (AvgIpc) is 2.63. The van der Waals surface area contributed by atoms with Crippen molar-refractivity contribution in [1.82, 2.24) is 5.32 Å². The topological polar surface area (TPSA) is 69.6 Å². The molecule has 1 saturated heterocycles. The minimum Gasteiger partial charge on any atom is -0.480 e. The summed E-state index contributed by atoms with van der Waals surface area (Å²) >= 11 is 0. The number of rotatable bonds is 2. The fourth-order valence-electron chi connectivity index (χ4n) is 2.02. The molecule has 0 saturated carbocycles.